The molecule has 1 aromatic rings. The molecule has 0 saturated carbocycles. The summed E-state index contributed by atoms with van der Waals surface area (Å²) in [6, 6.07) is 10.4. The highest BCUT2D eigenvalue weighted by atomic mass is 32.2. The SMILES string of the molecule is COc1ccc([C@@H]2CN(CCCSC)[C@@H]3C4CCN(CC4)[C@@H]32)cc1. The van der Waals surface area contributed by atoms with Crippen molar-refractivity contribution in [1.29, 1.82) is 0 Å². The lowest BCUT2D eigenvalue weighted by Crippen LogP contribution is -2.60. The molecule has 3 atom stereocenters. The predicted octanol–water partition coefficient (Wildman–Crippen LogP) is 3.31. The number of hydrogen-bond acceptors (Lipinski definition) is 4. The molecular weight excluding hydrogens is 316 g/mol. The van der Waals surface area contributed by atoms with Gasteiger partial charge in [-0.3, -0.25) is 9.80 Å². The second-order valence-electron chi connectivity index (χ2n) is 7.58. The van der Waals surface area contributed by atoms with Crippen LogP contribution >= 0.6 is 11.8 Å². The van der Waals surface area contributed by atoms with Crippen LogP contribution < -0.4 is 4.74 Å². The lowest BCUT2D eigenvalue weighted by atomic mass is 9.75. The Bertz CT molecular complexity index is 541. The first-order chi connectivity index (χ1) is 11.8. The maximum atomic E-state index is 5.35. The van der Waals surface area contributed by atoms with Crippen molar-refractivity contribution >= 4 is 11.8 Å². The van der Waals surface area contributed by atoms with Gasteiger partial charge in [0.25, 0.3) is 0 Å². The Morgan fingerprint density at radius 3 is 2.54 bits per heavy atom. The van der Waals surface area contributed by atoms with Crippen molar-refractivity contribution < 1.29 is 4.74 Å². The van der Waals surface area contributed by atoms with Gasteiger partial charge in [0, 0.05) is 24.5 Å². The zero-order chi connectivity index (χ0) is 16.5. The Hall–Kier alpha value is -0.710. The monoisotopic (exact) mass is 346 g/mol. The summed E-state index contributed by atoms with van der Waals surface area (Å²) >= 11 is 1.98. The molecule has 4 saturated heterocycles. The minimum atomic E-state index is 0.665. The average molecular weight is 347 g/mol. The summed E-state index contributed by atoms with van der Waals surface area (Å²) in [5.41, 5.74) is 1.51. The van der Waals surface area contributed by atoms with Crippen LogP contribution in [0.1, 0.15) is 30.7 Å². The molecule has 4 heterocycles. The molecule has 4 aliphatic rings. The number of benzene rings is 1. The maximum Gasteiger partial charge on any atom is 0.118 e. The highest BCUT2D eigenvalue weighted by molar-refractivity contribution is 7.98. The van der Waals surface area contributed by atoms with E-state index in [-0.39, 0.29) is 0 Å². The van der Waals surface area contributed by atoms with Gasteiger partial charge < -0.3 is 4.74 Å². The third-order valence-corrected chi connectivity index (χ3v) is 7.13. The molecule has 4 fully saturated rings. The average Bonchev–Trinajstić information content (AvgIpc) is 3.05. The summed E-state index contributed by atoms with van der Waals surface area (Å²) in [5.74, 6) is 3.85. The summed E-state index contributed by atoms with van der Waals surface area (Å²) in [7, 11) is 1.75. The van der Waals surface area contributed by atoms with Crippen LogP contribution in [0.2, 0.25) is 0 Å². The van der Waals surface area contributed by atoms with Gasteiger partial charge in [0.05, 0.1) is 7.11 Å². The minimum absolute atomic E-state index is 0.665. The molecule has 24 heavy (non-hydrogen) atoms. The standard InChI is InChI=1S/C20H30N2OS/c1-23-17-6-4-15(5-7-17)18-14-22(10-3-13-24-2)19-16-8-11-21(12-9-16)20(18)19/h4-7,16,18-20H,3,8-14H2,1-2H3/t18-,19+,20+/m0/s1. The van der Waals surface area contributed by atoms with E-state index in [1.807, 2.05) is 11.8 Å². The first-order valence-electron chi connectivity index (χ1n) is 9.43. The van der Waals surface area contributed by atoms with E-state index in [0.29, 0.717) is 5.92 Å². The van der Waals surface area contributed by atoms with Gasteiger partial charge in [-0.2, -0.15) is 11.8 Å². The largest absolute Gasteiger partial charge is 0.497 e. The van der Waals surface area contributed by atoms with E-state index < -0.39 is 0 Å². The van der Waals surface area contributed by atoms with Gasteiger partial charge in [0.1, 0.15) is 5.75 Å². The minimum Gasteiger partial charge on any atom is -0.497 e. The van der Waals surface area contributed by atoms with Crippen LogP contribution in [0.4, 0.5) is 0 Å². The number of hydrogen-bond donors (Lipinski definition) is 0. The van der Waals surface area contributed by atoms with E-state index in [1.54, 1.807) is 7.11 Å². The van der Waals surface area contributed by atoms with E-state index in [0.717, 1.165) is 23.8 Å². The molecular formula is C20H30N2OS. The number of ether oxygens (including phenoxy) is 1. The molecule has 2 bridgehead atoms. The molecule has 0 spiro atoms. The van der Waals surface area contributed by atoms with Gasteiger partial charge >= 0.3 is 0 Å². The Balaban J connectivity index is 1.57. The van der Waals surface area contributed by atoms with Crippen molar-refractivity contribution in [3.05, 3.63) is 29.8 Å². The number of thioether (sulfide) groups is 1. The molecule has 132 valence electrons. The van der Waals surface area contributed by atoms with Crippen molar-refractivity contribution in [2.75, 3.05) is 45.3 Å². The van der Waals surface area contributed by atoms with Crippen LogP contribution in [0.15, 0.2) is 24.3 Å². The molecule has 5 rings (SSSR count). The van der Waals surface area contributed by atoms with Gasteiger partial charge in [-0.25, -0.2) is 0 Å². The van der Waals surface area contributed by atoms with Gasteiger partial charge in [-0.15, -0.1) is 0 Å². The summed E-state index contributed by atoms with van der Waals surface area (Å²) in [5, 5.41) is 0. The van der Waals surface area contributed by atoms with Crippen molar-refractivity contribution in [3.63, 3.8) is 0 Å². The van der Waals surface area contributed by atoms with Crippen molar-refractivity contribution in [2.45, 2.75) is 37.3 Å². The third kappa shape index (κ3) is 2.97. The van der Waals surface area contributed by atoms with Gasteiger partial charge in [-0.1, -0.05) is 12.1 Å². The van der Waals surface area contributed by atoms with Crippen LogP contribution in [0.5, 0.6) is 5.75 Å². The summed E-state index contributed by atoms with van der Waals surface area (Å²) in [6.07, 6.45) is 6.37. The van der Waals surface area contributed by atoms with E-state index >= 15 is 0 Å². The molecule has 4 heteroatoms. The van der Waals surface area contributed by atoms with E-state index in [1.165, 1.54) is 56.8 Å². The second kappa shape index (κ2) is 7.27. The molecule has 0 unspecified atom stereocenters. The van der Waals surface area contributed by atoms with Gasteiger partial charge in [-0.05, 0) is 74.5 Å². The van der Waals surface area contributed by atoms with Gasteiger partial charge in [0.2, 0.25) is 0 Å². The molecule has 0 amide bonds. The fourth-order valence-corrected chi connectivity index (χ4v) is 5.77. The third-order valence-electron chi connectivity index (χ3n) is 6.43. The number of methoxy groups -OCH3 is 1. The Kier molecular flexibility index (Phi) is 5.07. The normalized spacial score (nSPS) is 35.2. The highest BCUT2D eigenvalue weighted by Crippen LogP contribution is 2.46. The van der Waals surface area contributed by atoms with Crippen molar-refractivity contribution in [2.24, 2.45) is 5.92 Å². The van der Waals surface area contributed by atoms with Crippen LogP contribution in [0, 0.1) is 5.92 Å². The second-order valence-corrected chi connectivity index (χ2v) is 8.56. The van der Waals surface area contributed by atoms with Crippen molar-refractivity contribution in [1.82, 2.24) is 9.80 Å². The quantitative estimate of drug-likeness (QED) is 0.734. The molecule has 0 aliphatic carbocycles. The molecule has 1 aromatic carbocycles. The number of nitrogens with zero attached hydrogens (tertiary/aromatic N) is 2. The zero-order valence-corrected chi connectivity index (χ0v) is 15.8. The summed E-state index contributed by atoms with van der Waals surface area (Å²) < 4.78 is 5.35. The van der Waals surface area contributed by atoms with E-state index in [2.05, 4.69) is 40.3 Å². The Labute approximate surface area is 150 Å². The van der Waals surface area contributed by atoms with Crippen molar-refractivity contribution in [3.8, 4) is 5.75 Å². The fourth-order valence-electron chi connectivity index (χ4n) is 5.35. The zero-order valence-electron chi connectivity index (χ0n) is 15.0. The van der Waals surface area contributed by atoms with E-state index in [4.69, 9.17) is 4.74 Å². The van der Waals surface area contributed by atoms with Crippen LogP contribution in [-0.2, 0) is 0 Å². The molecule has 0 aromatic heterocycles. The fraction of sp³-hybridized carbons (Fsp3) is 0.700. The van der Waals surface area contributed by atoms with E-state index in [9.17, 15) is 0 Å². The predicted molar refractivity (Wildman–Crippen MR) is 102 cm³/mol. The first kappa shape index (κ1) is 16.7. The number of rotatable bonds is 6. The number of piperidine rings is 3. The van der Waals surface area contributed by atoms with Crippen LogP contribution in [-0.4, -0.2) is 67.2 Å². The molecule has 0 radical (unpaired) electrons. The maximum absolute atomic E-state index is 5.35. The Morgan fingerprint density at radius 2 is 1.88 bits per heavy atom. The van der Waals surface area contributed by atoms with Crippen LogP contribution in [0.25, 0.3) is 0 Å². The molecule has 3 nitrogen and oxygen atoms in total. The highest BCUT2D eigenvalue weighted by Gasteiger charge is 2.52. The number of fused-ring (bicyclic) bond motifs is 2. The number of likely N-dealkylation sites (tertiary alicyclic amines) is 1. The topological polar surface area (TPSA) is 15.7 Å². The summed E-state index contributed by atoms with van der Waals surface area (Å²) in [4.78, 5) is 5.64. The van der Waals surface area contributed by atoms with Crippen LogP contribution in [0.3, 0.4) is 0 Å². The summed E-state index contributed by atoms with van der Waals surface area (Å²) in [6.45, 7) is 5.15. The van der Waals surface area contributed by atoms with Gasteiger partial charge in [0.15, 0.2) is 0 Å². The Morgan fingerprint density at radius 1 is 1.12 bits per heavy atom. The molecule has 0 N–H and O–H groups in total. The first-order valence-corrected chi connectivity index (χ1v) is 10.8. The lowest BCUT2D eigenvalue weighted by Gasteiger charge is -2.51. The molecule has 4 aliphatic heterocycles. The smallest absolute Gasteiger partial charge is 0.118 e. The lowest BCUT2D eigenvalue weighted by molar-refractivity contribution is -0.00633.